The van der Waals surface area contributed by atoms with Gasteiger partial charge in [0.15, 0.2) is 5.69 Å². The molecule has 0 atom stereocenters. The van der Waals surface area contributed by atoms with Gasteiger partial charge < -0.3 is 10.2 Å². The first-order chi connectivity index (χ1) is 9.94. The molecule has 2 heterocycles. The summed E-state index contributed by atoms with van der Waals surface area (Å²) in [4.78, 5) is 9.57. The summed E-state index contributed by atoms with van der Waals surface area (Å²) in [7, 11) is 1.52. The molecule has 0 saturated carbocycles. The van der Waals surface area contributed by atoms with Crippen LogP contribution in [0.4, 0.5) is 24.9 Å². The molecule has 1 N–H and O–H groups in total. The molecule has 1 aromatic heterocycles. The van der Waals surface area contributed by atoms with Crippen LogP contribution in [0.1, 0.15) is 38.3 Å². The summed E-state index contributed by atoms with van der Waals surface area (Å²) in [5.74, 6) is 1.05. The zero-order valence-corrected chi connectivity index (χ0v) is 12.4. The van der Waals surface area contributed by atoms with Crippen LogP contribution >= 0.6 is 0 Å². The number of hydrogen-bond acceptors (Lipinski definition) is 4. The quantitative estimate of drug-likeness (QED) is 0.923. The zero-order valence-electron chi connectivity index (χ0n) is 12.4. The fourth-order valence-corrected chi connectivity index (χ4v) is 2.71. The standard InChI is InChI=1S/C14H21F3N4/c1-3-4-10-5-7-21(8-6-10)12-9-11(14(15,16)17)19-13(18-2)20-12/h9-10H,3-8H2,1-2H3,(H,18,19,20). The maximum Gasteiger partial charge on any atom is 0.433 e. The van der Waals surface area contributed by atoms with E-state index in [-0.39, 0.29) is 5.95 Å². The minimum absolute atomic E-state index is 0.00973. The second-order valence-electron chi connectivity index (χ2n) is 5.40. The molecule has 21 heavy (non-hydrogen) atoms. The van der Waals surface area contributed by atoms with Gasteiger partial charge in [-0.25, -0.2) is 4.98 Å². The lowest BCUT2D eigenvalue weighted by Gasteiger charge is -2.33. The summed E-state index contributed by atoms with van der Waals surface area (Å²) in [6, 6.07) is 1.04. The van der Waals surface area contributed by atoms with Crippen LogP contribution in [0.25, 0.3) is 0 Å². The van der Waals surface area contributed by atoms with Gasteiger partial charge in [-0.2, -0.15) is 18.2 Å². The van der Waals surface area contributed by atoms with Crippen LogP contribution in [0.5, 0.6) is 0 Å². The first kappa shape index (κ1) is 15.9. The molecular formula is C14H21F3N4. The maximum atomic E-state index is 12.9. The number of halogens is 3. The van der Waals surface area contributed by atoms with Gasteiger partial charge in [0.25, 0.3) is 0 Å². The monoisotopic (exact) mass is 302 g/mol. The highest BCUT2D eigenvalue weighted by Crippen LogP contribution is 2.32. The summed E-state index contributed by atoms with van der Waals surface area (Å²) < 4.78 is 38.6. The number of alkyl halides is 3. The minimum atomic E-state index is -4.45. The first-order valence-corrected chi connectivity index (χ1v) is 7.33. The maximum absolute atomic E-state index is 12.9. The van der Waals surface area contributed by atoms with Crippen molar-refractivity contribution in [2.45, 2.75) is 38.8 Å². The van der Waals surface area contributed by atoms with E-state index in [1.807, 2.05) is 4.90 Å². The number of nitrogens with zero attached hydrogens (tertiary/aromatic N) is 3. The molecule has 0 aromatic carbocycles. The van der Waals surface area contributed by atoms with Crippen molar-refractivity contribution in [2.24, 2.45) is 5.92 Å². The van der Waals surface area contributed by atoms with Crippen LogP contribution < -0.4 is 10.2 Å². The van der Waals surface area contributed by atoms with Crippen LogP contribution in [0.3, 0.4) is 0 Å². The SMILES string of the molecule is CCCC1CCN(c2cc(C(F)(F)F)nc(NC)n2)CC1. The Kier molecular flexibility index (Phi) is 4.90. The highest BCUT2D eigenvalue weighted by molar-refractivity contribution is 5.45. The fraction of sp³-hybridized carbons (Fsp3) is 0.714. The van der Waals surface area contributed by atoms with Crippen LogP contribution in [-0.2, 0) is 6.18 Å². The second-order valence-corrected chi connectivity index (χ2v) is 5.40. The van der Waals surface area contributed by atoms with Crippen molar-refractivity contribution < 1.29 is 13.2 Å². The fourth-order valence-electron chi connectivity index (χ4n) is 2.71. The highest BCUT2D eigenvalue weighted by Gasteiger charge is 2.34. The Labute approximate surface area is 122 Å². The van der Waals surface area contributed by atoms with E-state index < -0.39 is 11.9 Å². The third-order valence-corrected chi connectivity index (χ3v) is 3.86. The molecule has 1 fully saturated rings. The topological polar surface area (TPSA) is 41.1 Å². The number of aromatic nitrogens is 2. The van der Waals surface area contributed by atoms with Gasteiger partial charge in [-0.3, -0.25) is 0 Å². The molecule has 0 amide bonds. The van der Waals surface area contributed by atoms with E-state index in [4.69, 9.17) is 0 Å². The lowest BCUT2D eigenvalue weighted by molar-refractivity contribution is -0.141. The Morgan fingerprint density at radius 3 is 2.48 bits per heavy atom. The van der Waals surface area contributed by atoms with Crippen molar-refractivity contribution in [2.75, 3.05) is 30.4 Å². The molecule has 0 spiro atoms. The molecule has 1 aliphatic rings. The molecule has 0 aliphatic carbocycles. The summed E-state index contributed by atoms with van der Waals surface area (Å²) in [6.45, 7) is 3.66. The molecule has 0 bridgehead atoms. The number of piperidine rings is 1. The summed E-state index contributed by atoms with van der Waals surface area (Å²) >= 11 is 0. The third-order valence-electron chi connectivity index (χ3n) is 3.86. The summed E-state index contributed by atoms with van der Waals surface area (Å²) in [5.41, 5.74) is -0.896. The summed E-state index contributed by atoms with van der Waals surface area (Å²) in [5, 5.41) is 2.60. The van der Waals surface area contributed by atoms with E-state index in [1.165, 1.54) is 13.5 Å². The van der Waals surface area contributed by atoms with Crippen molar-refractivity contribution in [1.82, 2.24) is 9.97 Å². The van der Waals surface area contributed by atoms with E-state index >= 15 is 0 Å². The van der Waals surface area contributed by atoms with E-state index in [0.29, 0.717) is 11.7 Å². The largest absolute Gasteiger partial charge is 0.433 e. The van der Waals surface area contributed by atoms with Gasteiger partial charge in [0.2, 0.25) is 5.95 Å². The molecule has 7 heteroatoms. The Morgan fingerprint density at radius 1 is 1.29 bits per heavy atom. The number of anilines is 2. The van der Waals surface area contributed by atoms with Crippen molar-refractivity contribution >= 4 is 11.8 Å². The lowest BCUT2D eigenvalue weighted by Crippen LogP contribution is -2.34. The van der Waals surface area contributed by atoms with Gasteiger partial charge in [-0.15, -0.1) is 0 Å². The van der Waals surface area contributed by atoms with Crippen molar-refractivity contribution in [3.05, 3.63) is 11.8 Å². The molecule has 1 aromatic rings. The van der Waals surface area contributed by atoms with Gasteiger partial charge in [-0.05, 0) is 18.8 Å². The predicted octanol–water partition coefficient (Wildman–Crippen LogP) is 3.55. The van der Waals surface area contributed by atoms with E-state index in [0.717, 1.165) is 38.4 Å². The van der Waals surface area contributed by atoms with Crippen LogP contribution in [-0.4, -0.2) is 30.1 Å². The van der Waals surface area contributed by atoms with Crippen LogP contribution in [0.2, 0.25) is 0 Å². The molecule has 0 radical (unpaired) electrons. The Morgan fingerprint density at radius 2 is 1.95 bits per heavy atom. The second kappa shape index (κ2) is 6.49. The minimum Gasteiger partial charge on any atom is -0.357 e. The molecule has 118 valence electrons. The molecular weight excluding hydrogens is 281 g/mol. The number of nitrogens with one attached hydrogen (secondary N) is 1. The van der Waals surface area contributed by atoms with Crippen LogP contribution in [0, 0.1) is 5.92 Å². The average molecular weight is 302 g/mol. The molecule has 4 nitrogen and oxygen atoms in total. The van der Waals surface area contributed by atoms with Crippen molar-refractivity contribution in [3.8, 4) is 0 Å². The zero-order chi connectivity index (χ0) is 15.5. The highest BCUT2D eigenvalue weighted by atomic mass is 19.4. The molecule has 1 aliphatic heterocycles. The normalized spacial score (nSPS) is 17.1. The average Bonchev–Trinajstić information content (AvgIpc) is 2.47. The van der Waals surface area contributed by atoms with Gasteiger partial charge >= 0.3 is 6.18 Å². The van der Waals surface area contributed by atoms with Gasteiger partial charge in [0.1, 0.15) is 5.82 Å². The van der Waals surface area contributed by atoms with Crippen molar-refractivity contribution in [1.29, 1.82) is 0 Å². The lowest BCUT2D eigenvalue weighted by atomic mass is 9.92. The van der Waals surface area contributed by atoms with E-state index in [2.05, 4.69) is 22.2 Å². The van der Waals surface area contributed by atoms with Crippen molar-refractivity contribution in [3.63, 3.8) is 0 Å². The Balaban J connectivity index is 2.16. The van der Waals surface area contributed by atoms with E-state index in [1.54, 1.807) is 0 Å². The van der Waals surface area contributed by atoms with E-state index in [9.17, 15) is 13.2 Å². The predicted molar refractivity (Wildman–Crippen MR) is 76.4 cm³/mol. The molecule has 0 unspecified atom stereocenters. The number of rotatable bonds is 4. The van der Waals surface area contributed by atoms with Gasteiger partial charge in [0, 0.05) is 26.2 Å². The Bertz CT molecular complexity index is 468. The third kappa shape index (κ3) is 3.98. The first-order valence-electron chi connectivity index (χ1n) is 7.33. The van der Waals surface area contributed by atoms with Gasteiger partial charge in [0.05, 0.1) is 0 Å². The molecule has 1 saturated heterocycles. The summed E-state index contributed by atoms with van der Waals surface area (Å²) in [6.07, 6.45) is -0.0978. The van der Waals surface area contributed by atoms with Gasteiger partial charge in [-0.1, -0.05) is 19.8 Å². The smallest absolute Gasteiger partial charge is 0.357 e. The Hall–Kier alpha value is -1.53. The molecule has 2 rings (SSSR count). The number of hydrogen-bond donors (Lipinski definition) is 1. The van der Waals surface area contributed by atoms with Crippen LogP contribution in [0.15, 0.2) is 6.07 Å².